The van der Waals surface area contributed by atoms with Gasteiger partial charge in [-0.1, -0.05) is 12.1 Å². The number of pyridine rings is 1. The molecular formula is C23H26F3N5O. The maximum absolute atomic E-state index is 13.2. The molecule has 0 radical (unpaired) electrons. The van der Waals surface area contributed by atoms with E-state index in [1.54, 1.807) is 13.2 Å². The molecule has 6 nitrogen and oxygen atoms in total. The number of methoxy groups -OCH3 is 1. The Kier molecular flexibility index (Phi) is 6.19. The smallest absolute Gasteiger partial charge is 0.381 e. The zero-order valence-corrected chi connectivity index (χ0v) is 18.3. The Morgan fingerprint density at radius 3 is 2.59 bits per heavy atom. The Hall–Kier alpha value is -2.94. The second kappa shape index (κ2) is 8.90. The minimum atomic E-state index is -4.38. The summed E-state index contributed by atoms with van der Waals surface area (Å²) in [4.78, 5) is 6.87. The molecule has 1 aromatic carbocycles. The van der Waals surface area contributed by atoms with E-state index in [0.717, 1.165) is 48.6 Å². The first-order valence-electron chi connectivity index (χ1n) is 10.6. The van der Waals surface area contributed by atoms with Crippen molar-refractivity contribution >= 4 is 22.4 Å². The van der Waals surface area contributed by atoms with E-state index in [1.807, 2.05) is 19.2 Å². The van der Waals surface area contributed by atoms with Crippen LogP contribution in [0, 0.1) is 13.8 Å². The highest BCUT2D eigenvalue weighted by Gasteiger charge is 2.32. The van der Waals surface area contributed by atoms with Crippen molar-refractivity contribution in [1.82, 2.24) is 15.2 Å². The number of halogens is 3. The number of ether oxygens (including phenoxy) is 1. The van der Waals surface area contributed by atoms with Gasteiger partial charge in [-0.25, -0.2) is 0 Å². The minimum absolute atomic E-state index is 0.200. The highest BCUT2D eigenvalue weighted by Crippen LogP contribution is 2.33. The lowest BCUT2D eigenvalue weighted by Crippen LogP contribution is -2.36. The predicted molar refractivity (Wildman–Crippen MR) is 118 cm³/mol. The van der Waals surface area contributed by atoms with Crippen LogP contribution in [0.5, 0.6) is 0 Å². The van der Waals surface area contributed by atoms with E-state index in [0.29, 0.717) is 17.1 Å². The summed E-state index contributed by atoms with van der Waals surface area (Å²) in [6.45, 7) is 5.27. The lowest BCUT2D eigenvalue weighted by atomic mass is 10.0. The predicted octanol–water partition coefficient (Wildman–Crippen LogP) is 4.89. The van der Waals surface area contributed by atoms with Gasteiger partial charge < -0.3 is 15.0 Å². The number of hydrogen-bond acceptors (Lipinski definition) is 6. The zero-order valence-electron chi connectivity index (χ0n) is 18.3. The number of alkyl halides is 3. The lowest BCUT2D eigenvalue weighted by Gasteiger charge is -2.32. The molecule has 0 unspecified atom stereocenters. The molecule has 170 valence electrons. The molecular weight excluding hydrogens is 419 g/mol. The maximum Gasteiger partial charge on any atom is 0.416 e. The molecule has 1 aliphatic rings. The van der Waals surface area contributed by atoms with Gasteiger partial charge in [0.05, 0.1) is 34.8 Å². The van der Waals surface area contributed by atoms with E-state index in [2.05, 4.69) is 25.4 Å². The molecule has 1 fully saturated rings. The Morgan fingerprint density at radius 2 is 1.91 bits per heavy atom. The van der Waals surface area contributed by atoms with Gasteiger partial charge in [0, 0.05) is 32.1 Å². The number of piperidine rings is 1. The number of rotatable bonds is 5. The van der Waals surface area contributed by atoms with Crippen LogP contribution < -0.4 is 10.2 Å². The van der Waals surface area contributed by atoms with Gasteiger partial charge >= 0.3 is 6.18 Å². The average molecular weight is 445 g/mol. The number of hydrogen-bond donors (Lipinski definition) is 1. The fraction of sp³-hybridized carbons (Fsp3) is 0.435. The van der Waals surface area contributed by atoms with Gasteiger partial charge in [-0.3, -0.25) is 4.98 Å². The monoisotopic (exact) mass is 445 g/mol. The van der Waals surface area contributed by atoms with Gasteiger partial charge in [0.25, 0.3) is 0 Å². The van der Waals surface area contributed by atoms with Crippen molar-refractivity contribution in [2.24, 2.45) is 0 Å². The fourth-order valence-electron chi connectivity index (χ4n) is 4.16. The third kappa shape index (κ3) is 4.48. The van der Waals surface area contributed by atoms with E-state index >= 15 is 0 Å². The maximum atomic E-state index is 13.2. The summed E-state index contributed by atoms with van der Waals surface area (Å²) < 4.78 is 45.2. The molecule has 3 heterocycles. The highest BCUT2D eigenvalue weighted by molar-refractivity contribution is 5.92. The van der Waals surface area contributed by atoms with Gasteiger partial charge in [0.15, 0.2) is 5.82 Å². The van der Waals surface area contributed by atoms with Crippen molar-refractivity contribution in [3.63, 3.8) is 0 Å². The molecule has 3 aromatic rings. The first-order chi connectivity index (χ1) is 15.3. The Labute approximate surface area is 184 Å². The van der Waals surface area contributed by atoms with Gasteiger partial charge in [-0.05, 0) is 49.9 Å². The van der Waals surface area contributed by atoms with Crippen LogP contribution in [0.15, 0.2) is 30.5 Å². The number of benzene rings is 1. The van der Waals surface area contributed by atoms with Gasteiger partial charge in [-0.2, -0.15) is 18.3 Å². The van der Waals surface area contributed by atoms with Crippen molar-refractivity contribution in [3.05, 3.63) is 52.8 Å². The quantitative estimate of drug-likeness (QED) is 0.604. The second-order valence-electron chi connectivity index (χ2n) is 8.09. The van der Waals surface area contributed by atoms with Crippen molar-refractivity contribution in [3.8, 4) is 0 Å². The van der Waals surface area contributed by atoms with Crippen LogP contribution in [-0.4, -0.2) is 41.5 Å². The standard InChI is InChI=1S/C23H26F3N5O/c1-14-16(5-4-6-20(14)23(24,25)26)12-28-22-19-11-17(13-27-21(19)15(2)29-30-22)31-9-7-18(32-3)8-10-31/h4-6,11,13,18H,7-10,12H2,1-3H3,(H,28,30). The molecule has 0 bridgehead atoms. The Bertz CT molecular complexity index is 1110. The zero-order chi connectivity index (χ0) is 22.9. The normalized spacial score (nSPS) is 15.4. The van der Waals surface area contributed by atoms with Crippen molar-refractivity contribution in [2.75, 3.05) is 30.4 Å². The molecule has 2 aromatic heterocycles. The number of fused-ring (bicyclic) bond motifs is 1. The van der Waals surface area contributed by atoms with E-state index in [9.17, 15) is 13.2 Å². The largest absolute Gasteiger partial charge is 0.416 e. The third-order valence-electron chi connectivity index (χ3n) is 6.11. The van der Waals surface area contributed by atoms with Gasteiger partial charge in [-0.15, -0.1) is 5.10 Å². The molecule has 32 heavy (non-hydrogen) atoms. The molecule has 4 rings (SSSR count). The lowest BCUT2D eigenvalue weighted by molar-refractivity contribution is -0.138. The highest BCUT2D eigenvalue weighted by atomic mass is 19.4. The molecule has 1 N–H and O–H groups in total. The molecule has 1 aliphatic heterocycles. The summed E-state index contributed by atoms with van der Waals surface area (Å²) >= 11 is 0. The van der Waals surface area contributed by atoms with Crippen LogP contribution in [0.25, 0.3) is 10.9 Å². The van der Waals surface area contributed by atoms with Crippen LogP contribution in [0.1, 0.15) is 35.2 Å². The van der Waals surface area contributed by atoms with E-state index in [1.165, 1.54) is 13.0 Å². The number of nitrogens with one attached hydrogen (secondary N) is 1. The summed E-state index contributed by atoms with van der Waals surface area (Å²) in [5, 5.41) is 12.4. The summed E-state index contributed by atoms with van der Waals surface area (Å²) in [6, 6.07) is 6.24. The van der Waals surface area contributed by atoms with Gasteiger partial charge in [0.1, 0.15) is 0 Å². The van der Waals surface area contributed by atoms with Crippen molar-refractivity contribution in [2.45, 2.75) is 45.5 Å². The van der Waals surface area contributed by atoms with Crippen LogP contribution >= 0.6 is 0 Å². The second-order valence-corrected chi connectivity index (χ2v) is 8.09. The number of aryl methyl sites for hydroxylation is 1. The molecule has 0 amide bonds. The summed E-state index contributed by atoms with van der Waals surface area (Å²) in [6.07, 6.45) is -0.374. The Balaban J connectivity index is 1.61. The molecule has 0 aliphatic carbocycles. The van der Waals surface area contributed by atoms with E-state index in [-0.39, 0.29) is 18.2 Å². The average Bonchev–Trinajstić information content (AvgIpc) is 2.78. The molecule has 0 spiro atoms. The van der Waals surface area contributed by atoms with Crippen molar-refractivity contribution in [1.29, 1.82) is 0 Å². The first kappa shape index (κ1) is 22.3. The minimum Gasteiger partial charge on any atom is -0.381 e. The van der Waals surface area contributed by atoms with E-state index < -0.39 is 11.7 Å². The van der Waals surface area contributed by atoms with Crippen molar-refractivity contribution < 1.29 is 17.9 Å². The van der Waals surface area contributed by atoms with E-state index in [4.69, 9.17) is 4.74 Å². The van der Waals surface area contributed by atoms with Crippen LogP contribution in [-0.2, 0) is 17.5 Å². The topological polar surface area (TPSA) is 63.2 Å². The third-order valence-corrected chi connectivity index (χ3v) is 6.11. The summed E-state index contributed by atoms with van der Waals surface area (Å²) in [5.74, 6) is 0.503. The van der Waals surface area contributed by atoms with Gasteiger partial charge in [0.2, 0.25) is 0 Å². The molecule has 0 saturated carbocycles. The number of anilines is 2. The Morgan fingerprint density at radius 1 is 1.16 bits per heavy atom. The van der Waals surface area contributed by atoms with Crippen LogP contribution in [0.3, 0.4) is 0 Å². The molecule has 0 atom stereocenters. The SMILES string of the molecule is COC1CCN(c2cnc3c(C)nnc(NCc4cccc(C(F)(F)F)c4C)c3c2)CC1. The molecule has 9 heteroatoms. The number of nitrogens with zero attached hydrogens (tertiary/aromatic N) is 4. The first-order valence-corrected chi connectivity index (χ1v) is 10.6. The summed E-state index contributed by atoms with van der Waals surface area (Å²) in [5.41, 5.74) is 2.54. The van der Waals surface area contributed by atoms with Crippen LogP contribution in [0.4, 0.5) is 24.7 Å². The number of aromatic nitrogens is 3. The fourth-order valence-corrected chi connectivity index (χ4v) is 4.16. The van der Waals surface area contributed by atoms with Crippen LogP contribution in [0.2, 0.25) is 0 Å². The molecule has 1 saturated heterocycles. The summed E-state index contributed by atoms with van der Waals surface area (Å²) in [7, 11) is 1.74.